The van der Waals surface area contributed by atoms with Gasteiger partial charge in [0.2, 0.25) is 0 Å². The molecule has 0 fully saturated rings. The number of para-hydroxylation sites is 2. The normalized spacial score (nSPS) is 14.8. The maximum absolute atomic E-state index is 6.97. The van der Waals surface area contributed by atoms with Crippen LogP contribution in [0.5, 0.6) is 0 Å². The van der Waals surface area contributed by atoms with Crippen LogP contribution in [-0.2, 0) is 0 Å². The maximum Gasteiger partial charge on any atom is 0.159 e. The van der Waals surface area contributed by atoms with Gasteiger partial charge in [-0.25, -0.2) is 4.99 Å². The summed E-state index contributed by atoms with van der Waals surface area (Å²) in [5, 5.41) is 8.57. The summed E-state index contributed by atoms with van der Waals surface area (Å²) in [6, 6.07) is 57.8. The summed E-state index contributed by atoms with van der Waals surface area (Å²) < 4.78 is 6.97. The molecule has 1 aliphatic carbocycles. The second-order valence-corrected chi connectivity index (χ2v) is 13.5. The van der Waals surface area contributed by atoms with Crippen LogP contribution in [0.2, 0.25) is 0 Å². The van der Waals surface area contributed by atoms with Gasteiger partial charge in [0.25, 0.3) is 0 Å². The Bertz CT molecular complexity index is 2760. The molecular formula is C48H35N3O. The molecule has 1 aliphatic heterocycles. The second-order valence-electron chi connectivity index (χ2n) is 13.5. The highest BCUT2D eigenvalue weighted by Gasteiger charge is 2.30. The minimum atomic E-state index is -0.190. The molecule has 0 saturated carbocycles. The Labute approximate surface area is 302 Å². The molecule has 2 heterocycles. The van der Waals surface area contributed by atoms with Gasteiger partial charge in [-0.05, 0) is 94.4 Å². The summed E-state index contributed by atoms with van der Waals surface area (Å²) in [7, 11) is 0. The van der Waals surface area contributed by atoms with E-state index in [9.17, 15) is 0 Å². The number of furan rings is 1. The zero-order valence-corrected chi connectivity index (χ0v) is 28.5. The lowest BCUT2D eigenvalue weighted by molar-refractivity contribution is 0.572. The molecule has 248 valence electrons. The molecule has 1 N–H and O–H groups in total. The van der Waals surface area contributed by atoms with Gasteiger partial charge in [-0.1, -0.05) is 127 Å². The van der Waals surface area contributed by atoms with E-state index in [1.54, 1.807) is 0 Å². The van der Waals surface area contributed by atoms with Crippen LogP contribution in [0, 0.1) is 0 Å². The quantitative estimate of drug-likeness (QED) is 0.192. The van der Waals surface area contributed by atoms with Gasteiger partial charge in [-0.15, -0.1) is 0 Å². The third-order valence-corrected chi connectivity index (χ3v) is 10.3. The van der Waals surface area contributed by atoms with Gasteiger partial charge in [0, 0.05) is 22.0 Å². The van der Waals surface area contributed by atoms with Crippen molar-refractivity contribution >= 4 is 68.0 Å². The molecule has 4 nitrogen and oxygen atoms in total. The van der Waals surface area contributed by atoms with Crippen molar-refractivity contribution in [3.8, 4) is 11.1 Å². The van der Waals surface area contributed by atoms with Crippen molar-refractivity contribution in [2.75, 3.05) is 10.2 Å². The lowest BCUT2D eigenvalue weighted by atomic mass is 9.90. The summed E-state index contributed by atoms with van der Waals surface area (Å²) >= 11 is 0. The minimum absolute atomic E-state index is 0.190. The van der Waals surface area contributed by atoms with Crippen LogP contribution in [0.15, 0.2) is 173 Å². The number of nitrogens with one attached hydrogen (secondary N) is 1. The number of benzene rings is 7. The van der Waals surface area contributed by atoms with Gasteiger partial charge in [-0.2, -0.15) is 0 Å². The van der Waals surface area contributed by atoms with Crippen LogP contribution in [0.25, 0.3) is 45.0 Å². The lowest BCUT2D eigenvalue weighted by Crippen LogP contribution is -2.28. The highest BCUT2D eigenvalue weighted by molar-refractivity contribution is 6.12. The average molecular weight is 670 g/mol. The molecule has 0 radical (unpaired) electrons. The Balaban J connectivity index is 1.21. The van der Waals surface area contributed by atoms with Crippen molar-refractivity contribution in [1.29, 1.82) is 0 Å². The second kappa shape index (κ2) is 12.6. The van der Waals surface area contributed by atoms with Crippen molar-refractivity contribution in [3.63, 3.8) is 0 Å². The summed E-state index contributed by atoms with van der Waals surface area (Å²) in [5.41, 5.74) is 12.5. The van der Waals surface area contributed by atoms with Gasteiger partial charge in [0.1, 0.15) is 5.42 Å². The lowest BCUT2D eigenvalue weighted by Gasteiger charge is -2.30. The zero-order chi connectivity index (χ0) is 34.4. The average Bonchev–Trinajstić information content (AvgIpc) is 3.62. The van der Waals surface area contributed by atoms with Gasteiger partial charge in [0.05, 0.1) is 28.8 Å². The standard InChI is InChI=1S/C48H35N3O/c1-3-13-32(14-4-1)34-23-26-37(27-24-34)51(38-28-25-33-15-7-8-18-36(33)31-38)43-30-29-40(45-39-19-9-12-22-44(39)52-48(43)45)47-46(35-16-5-2-6-17-35)49-41-20-10-11-21-42(41)50-47/h1-8,10-11,13-31,47,50H,9,12H2. The molecule has 1 atom stereocenters. The molecular weight excluding hydrogens is 635 g/mol. The molecule has 0 saturated heterocycles. The van der Waals surface area contributed by atoms with Gasteiger partial charge in [0.15, 0.2) is 5.58 Å². The summed E-state index contributed by atoms with van der Waals surface area (Å²) in [5.74, 6) is 0. The Kier molecular flexibility index (Phi) is 7.31. The highest BCUT2D eigenvalue weighted by atomic mass is 16.3. The molecule has 1 aromatic heterocycles. The zero-order valence-electron chi connectivity index (χ0n) is 28.5. The first-order valence-electron chi connectivity index (χ1n) is 18.0. The monoisotopic (exact) mass is 669 g/mol. The number of hydrogen-bond acceptors (Lipinski definition) is 4. The number of nitrogens with zero attached hydrogens (tertiary/aromatic N) is 2. The third-order valence-electron chi connectivity index (χ3n) is 10.3. The molecule has 0 spiro atoms. The highest BCUT2D eigenvalue weighted by Crippen LogP contribution is 2.44. The van der Waals surface area contributed by atoms with Crippen molar-refractivity contribution in [2.45, 2.75) is 18.9 Å². The van der Waals surface area contributed by atoms with Crippen molar-refractivity contribution in [1.82, 2.24) is 0 Å². The molecule has 0 bridgehead atoms. The molecule has 2 aliphatic rings. The maximum atomic E-state index is 6.97. The first-order chi connectivity index (χ1) is 25.8. The smallest absolute Gasteiger partial charge is 0.159 e. The van der Waals surface area contributed by atoms with E-state index in [1.165, 1.54) is 21.9 Å². The fraction of sp³-hybridized carbons (Fsp3) is 0.0625. The van der Waals surface area contributed by atoms with E-state index in [1.807, 2.05) is 6.07 Å². The summed E-state index contributed by atoms with van der Waals surface area (Å²) in [6.45, 7) is 0. The number of anilines is 4. The van der Waals surface area contributed by atoms with E-state index in [-0.39, 0.29) is 6.04 Å². The minimum Gasteiger partial charge on any atom is -0.454 e. The van der Waals surface area contributed by atoms with Crippen molar-refractivity contribution in [3.05, 3.63) is 186 Å². The van der Waals surface area contributed by atoms with E-state index in [2.05, 4.69) is 180 Å². The van der Waals surface area contributed by atoms with Crippen molar-refractivity contribution < 1.29 is 4.42 Å². The number of fused-ring (bicyclic) bond motifs is 5. The largest absolute Gasteiger partial charge is 0.454 e. The molecule has 7 aromatic carbocycles. The molecule has 1 unspecified atom stereocenters. The summed E-state index contributed by atoms with van der Waals surface area (Å²) in [6.07, 6.45) is 6.52. The van der Waals surface area contributed by atoms with E-state index < -0.39 is 0 Å². The van der Waals surface area contributed by atoms with E-state index >= 15 is 0 Å². The topological polar surface area (TPSA) is 40.8 Å². The van der Waals surface area contributed by atoms with Crippen LogP contribution in [0.4, 0.5) is 28.4 Å². The van der Waals surface area contributed by atoms with Crippen LogP contribution in [0.1, 0.15) is 30.0 Å². The van der Waals surface area contributed by atoms with Gasteiger partial charge >= 0.3 is 0 Å². The van der Waals surface area contributed by atoms with Crippen LogP contribution < -0.4 is 20.9 Å². The number of hydrogen-bond donors (Lipinski definition) is 1. The van der Waals surface area contributed by atoms with Crippen molar-refractivity contribution in [2.24, 2.45) is 4.99 Å². The van der Waals surface area contributed by atoms with E-state index in [0.29, 0.717) is 0 Å². The van der Waals surface area contributed by atoms with Crippen LogP contribution in [0.3, 0.4) is 0 Å². The summed E-state index contributed by atoms with van der Waals surface area (Å²) in [4.78, 5) is 7.63. The first kappa shape index (κ1) is 30.2. The van der Waals surface area contributed by atoms with Crippen LogP contribution >= 0.6 is 0 Å². The Morgan fingerprint density at radius 1 is 0.577 bits per heavy atom. The fourth-order valence-electron chi connectivity index (χ4n) is 7.82. The SMILES string of the molecule is C1=c2oc3c(N(c4ccc(-c5ccccc5)cc4)c4ccc5ccccc5c4)ccc(C4Nc5ccccc5N=C4c4ccccc4)c3c2=CCC1. The molecule has 8 aromatic rings. The Morgan fingerprint density at radius 3 is 2.08 bits per heavy atom. The van der Waals surface area contributed by atoms with E-state index in [4.69, 9.17) is 9.41 Å². The fourth-order valence-corrected chi connectivity index (χ4v) is 7.82. The number of rotatable bonds is 6. The molecule has 10 rings (SSSR count). The first-order valence-corrected chi connectivity index (χ1v) is 18.0. The number of aliphatic imine (C=N–C) groups is 1. The third kappa shape index (κ3) is 5.19. The Morgan fingerprint density at radius 2 is 1.25 bits per heavy atom. The van der Waals surface area contributed by atoms with Crippen LogP contribution in [-0.4, -0.2) is 5.71 Å². The van der Waals surface area contributed by atoms with Gasteiger partial charge in [-0.3, -0.25) is 0 Å². The predicted molar refractivity (Wildman–Crippen MR) is 217 cm³/mol. The molecule has 0 amide bonds. The Hall–Kier alpha value is -6.65. The van der Waals surface area contributed by atoms with Gasteiger partial charge < -0.3 is 14.6 Å². The molecule has 4 heteroatoms. The predicted octanol–water partition coefficient (Wildman–Crippen LogP) is 11.4. The molecule has 52 heavy (non-hydrogen) atoms. The van der Waals surface area contributed by atoms with E-state index in [0.717, 1.165) is 79.7 Å².